The van der Waals surface area contributed by atoms with Crippen LogP contribution < -0.4 is 5.32 Å². The van der Waals surface area contributed by atoms with Crippen molar-refractivity contribution in [2.45, 2.75) is 26.3 Å². The highest BCUT2D eigenvalue weighted by molar-refractivity contribution is 6.31. The van der Waals surface area contributed by atoms with Crippen molar-refractivity contribution in [2.75, 3.05) is 18.4 Å². The molecule has 0 aliphatic carbocycles. The predicted molar refractivity (Wildman–Crippen MR) is 113 cm³/mol. The number of nitrogens with zero attached hydrogens (tertiary/aromatic N) is 3. The number of carbonyl (C=O) groups excluding carboxylic acids is 1. The van der Waals surface area contributed by atoms with Gasteiger partial charge in [-0.25, -0.2) is 0 Å². The summed E-state index contributed by atoms with van der Waals surface area (Å²) in [7, 11) is 0. The van der Waals surface area contributed by atoms with Crippen LogP contribution in [0.4, 0.5) is 5.69 Å². The zero-order chi connectivity index (χ0) is 20.2. The molecule has 2 aromatic carbocycles. The first kappa shape index (κ1) is 19.6. The maximum atomic E-state index is 12.7. The average Bonchev–Trinajstić information content (AvgIpc) is 3.20. The van der Waals surface area contributed by atoms with Crippen molar-refractivity contribution in [2.24, 2.45) is 5.92 Å². The normalized spacial score (nSPS) is 17.2. The summed E-state index contributed by atoms with van der Waals surface area (Å²) in [6, 6.07) is 15.3. The summed E-state index contributed by atoms with van der Waals surface area (Å²) in [5.74, 6) is 1.09. The minimum atomic E-state index is -0.0830. The van der Waals surface area contributed by atoms with Gasteiger partial charge in [-0.1, -0.05) is 53.2 Å². The van der Waals surface area contributed by atoms with Crippen LogP contribution in [0.2, 0.25) is 5.02 Å². The van der Waals surface area contributed by atoms with Crippen LogP contribution in [-0.4, -0.2) is 34.0 Å². The van der Waals surface area contributed by atoms with Gasteiger partial charge in [-0.2, -0.15) is 4.98 Å². The summed E-state index contributed by atoms with van der Waals surface area (Å²) in [6.07, 6.45) is 1.81. The molecule has 1 atom stereocenters. The third-order valence-electron chi connectivity index (χ3n) is 5.17. The lowest BCUT2D eigenvalue weighted by Gasteiger charge is -2.30. The van der Waals surface area contributed by atoms with Gasteiger partial charge >= 0.3 is 0 Å². The zero-order valence-electron chi connectivity index (χ0n) is 16.3. The first-order valence-electron chi connectivity index (χ1n) is 9.76. The molecule has 1 fully saturated rings. The number of halogens is 1. The molecule has 0 saturated carbocycles. The van der Waals surface area contributed by atoms with Crippen molar-refractivity contribution in [3.8, 4) is 11.4 Å². The highest BCUT2D eigenvalue weighted by Crippen LogP contribution is 2.24. The molecule has 6 nitrogen and oxygen atoms in total. The lowest BCUT2D eigenvalue weighted by atomic mass is 9.97. The van der Waals surface area contributed by atoms with Gasteiger partial charge in [0.1, 0.15) is 0 Å². The van der Waals surface area contributed by atoms with E-state index in [1.165, 1.54) is 0 Å². The van der Waals surface area contributed by atoms with Crippen LogP contribution in [-0.2, 0) is 11.3 Å². The summed E-state index contributed by atoms with van der Waals surface area (Å²) in [5.41, 5.74) is 2.64. The lowest BCUT2D eigenvalue weighted by molar-refractivity contribution is -0.121. The van der Waals surface area contributed by atoms with Crippen molar-refractivity contribution >= 4 is 23.2 Å². The van der Waals surface area contributed by atoms with E-state index in [-0.39, 0.29) is 11.8 Å². The Kier molecular flexibility index (Phi) is 5.92. The second kappa shape index (κ2) is 8.76. The van der Waals surface area contributed by atoms with Gasteiger partial charge in [0.15, 0.2) is 0 Å². The Hall–Kier alpha value is -2.70. The number of carbonyl (C=O) groups is 1. The first-order valence-corrected chi connectivity index (χ1v) is 10.1. The molecule has 150 valence electrons. The van der Waals surface area contributed by atoms with Gasteiger partial charge in [0.25, 0.3) is 0 Å². The second-order valence-electron chi connectivity index (χ2n) is 7.41. The number of hydrogen-bond donors (Lipinski definition) is 1. The molecule has 1 unspecified atom stereocenters. The molecule has 7 heteroatoms. The SMILES string of the molecule is Cc1ccc(NC(=O)C2CCCN(Cc3nc(-c4ccccc4)no3)C2)cc1Cl. The molecular weight excluding hydrogens is 388 g/mol. The van der Waals surface area contributed by atoms with Crippen LogP contribution in [0.1, 0.15) is 24.3 Å². The third-order valence-corrected chi connectivity index (χ3v) is 5.58. The number of anilines is 1. The minimum Gasteiger partial charge on any atom is -0.338 e. The number of benzene rings is 2. The Balaban J connectivity index is 1.36. The molecule has 1 N–H and O–H groups in total. The number of aryl methyl sites for hydroxylation is 1. The maximum absolute atomic E-state index is 12.7. The van der Waals surface area contributed by atoms with E-state index in [9.17, 15) is 4.79 Å². The standard InChI is InChI=1S/C22H23ClN4O2/c1-15-9-10-18(12-19(15)23)24-22(28)17-8-5-11-27(13-17)14-20-25-21(26-29-20)16-6-3-2-4-7-16/h2-4,6-7,9-10,12,17H,5,8,11,13-14H2,1H3,(H,24,28). The second-order valence-corrected chi connectivity index (χ2v) is 7.81. The quantitative estimate of drug-likeness (QED) is 0.668. The number of aromatic nitrogens is 2. The van der Waals surface area contributed by atoms with Crippen molar-refractivity contribution in [1.29, 1.82) is 0 Å². The van der Waals surface area contributed by atoms with Crippen LogP contribution in [0.3, 0.4) is 0 Å². The number of amides is 1. The Morgan fingerprint density at radius 3 is 2.90 bits per heavy atom. The fourth-order valence-electron chi connectivity index (χ4n) is 3.54. The highest BCUT2D eigenvalue weighted by Gasteiger charge is 2.27. The summed E-state index contributed by atoms with van der Waals surface area (Å²) in [6.45, 7) is 4.05. The van der Waals surface area contributed by atoms with Gasteiger partial charge in [0.2, 0.25) is 17.6 Å². The van der Waals surface area contributed by atoms with Crippen LogP contribution in [0.15, 0.2) is 53.1 Å². The fourth-order valence-corrected chi connectivity index (χ4v) is 3.72. The number of hydrogen-bond acceptors (Lipinski definition) is 5. The molecule has 1 aromatic heterocycles. The van der Waals surface area contributed by atoms with Gasteiger partial charge in [0, 0.05) is 22.8 Å². The summed E-state index contributed by atoms with van der Waals surface area (Å²) < 4.78 is 5.42. The van der Waals surface area contributed by atoms with E-state index in [2.05, 4.69) is 20.4 Å². The van der Waals surface area contributed by atoms with Gasteiger partial charge in [0.05, 0.1) is 12.5 Å². The maximum Gasteiger partial charge on any atom is 0.241 e. The summed E-state index contributed by atoms with van der Waals surface area (Å²) >= 11 is 6.16. The monoisotopic (exact) mass is 410 g/mol. The van der Waals surface area contributed by atoms with E-state index < -0.39 is 0 Å². The molecule has 1 saturated heterocycles. The Morgan fingerprint density at radius 1 is 1.28 bits per heavy atom. The van der Waals surface area contributed by atoms with Crippen molar-refractivity contribution in [1.82, 2.24) is 15.0 Å². The molecule has 29 heavy (non-hydrogen) atoms. The third kappa shape index (κ3) is 4.83. The largest absolute Gasteiger partial charge is 0.338 e. The lowest BCUT2D eigenvalue weighted by Crippen LogP contribution is -2.40. The van der Waals surface area contributed by atoms with Gasteiger partial charge in [-0.05, 0) is 44.0 Å². The predicted octanol–water partition coefficient (Wildman–Crippen LogP) is 4.55. The van der Waals surface area contributed by atoms with Gasteiger partial charge in [-0.15, -0.1) is 0 Å². The number of nitrogens with one attached hydrogen (secondary N) is 1. The Morgan fingerprint density at radius 2 is 2.10 bits per heavy atom. The summed E-state index contributed by atoms with van der Waals surface area (Å²) in [5, 5.41) is 7.71. The molecule has 0 bridgehead atoms. The minimum absolute atomic E-state index is 0.0186. The average molecular weight is 411 g/mol. The zero-order valence-corrected chi connectivity index (χ0v) is 17.0. The number of rotatable bonds is 5. The van der Waals surface area contributed by atoms with Crippen molar-refractivity contribution in [3.05, 3.63) is 65.0 Å². The van der Waals surface area contributed by atoms with Gasteiger partial charge < -0.3 is 9.84 Å². The van der Waals surface area contributed by atoms with E-state index in [1.807, 2.05) is 49.4 Å². The van der Waals surface area contributed by atoms with Crippen molar-refractivity contribution in [3.63, 3.8) is 0 Å². The van der Waals surface area contributed by atoms with E-state index in [0.717, 1.165) is 36.2 Å². The van der Waals surface area contributed by atoms with Crippen LogP contribution >= 0.6 is 11.6 Å². The molecule has 1 aliphatic rings. The van der Waals surface area contributed by atoms with Crippen LogP contribution in [0.25, 0.3) is 11.4 Å². The topological polar surface area (TPSA) is 71.3 Å². The smallest absolute Gasteiger partial charge is 0.241 e. The first-order chi connectivity index (χ1) is 14.1. The highest BCUT2D eigenvalue weighted by atomic mass is 35.5. The van der Waals surface area contributed by atoms with Crippen LogP contribution in [0.5, 0.6) is 0 Å². The number of piperidine rings is 1. The molecule has 0 radical (unpaired) electrons. The fraction of sp³-hybridized carbons (Fsp3) is 0.318. The molecule has 0 spiro atoms. The van der Waals surface area contributed by atoms with E-state index in [1.54, 1.807) is 6.07 Å². The molecule has 3 aromatic rings. The van der Waals surface area contributed by atoms with E-state index in [0.29, 0.717) is 29.8 Å². The molecule has 1 amide bonds. The van der Waals surface area contributed by atoms with Crippen molar-refractivity contribution < 1.29 is 9.32 Å². The summed E-state index contributed by atoms with van der Waals surface area (Å²) in [4.78, 5) is 19.4. The Labute approximate surface area is 174 Å². The van der Waals surface area contributed by atoms with Gasteiger partial charge in [-0.3, -0.25) is 9.69 Å². The van der Waals surface area contributed by atoms with Crippen LogP contribution in [0, 0.1) is 12.8 Å². The molecule has 2 heterocycles. The molecule has 1 aliphatic heterocycles. The molecular formula is C22H23ClN4O2. The molecule has 4 rings (SSSR count). The van der Waals surface area contributed by atoms with E-state index in [4.69, 9.17) is 16.1 Å². The number of likely N-dealkylation sites (tertiary alicyclic amines) is 1. The van der Waals surface area contributed by atoms with E-state index >= 15 is 0 Å². The Bertz CT molecular complexity index is 989.